The van der Waals surface area contributed by atoms with Gasteiger partial charge in [-0.3, -0.25) is 24.3 Å². The van der Waals surface area contributed by atoms with Gasteiger partial charge >= 0.3 is 0 Å². The Morgan fingerprint density at radius 3 is 2.42 bits per heavy atom. The largest absolute Gasteiger partial charge is 0.488 e. The summed E-state index contributed by atoms with van der Waals surface area (Å²) in [5.74, 6) is -0.00122. The Labute approximate surface area is 361 Å². The number of amides is 3. The van der Waals surface area contributed by atoms with E-state index in [1.165, 1.54) is 6.07 Å². The van der Waals surface area contributed by atoms with Crippen molar-refractivity contribution in [1.29, 1.82) is 5.26 Å². The molecule has 0 spiro atoms. The van der Waals surface area contributed by atoms with Gasteiger partial charge < -0.3 is 35.2 Å². The SMILES string of the molecule is CC1(C)C(NC(=O)c2ccc(N3CCC(CN4CCN(c5ccc6c(c5)CN([C@H]5CCC(O)NC5=O)C6=O)CC4)CC3)c(F)c2)C(C)(C)C1Oc1ccc(C#N)c2ncccc12. The van der Waals surface area contributed by atoms with E-state index in [1.54, 1.807) is 29.3 Å². The molecule has 62 heavy (non-hydrogen) atoms. The molecule has 5 aliphatic rings. The van der Waals surface area contributed by atoms with Gasteiger partial charge in [-0.2, -0.15) is 5.26 Å². The summed E-state index contributed by atoms with van der Waals surface area (Å²) in [5.41, 5.74) is 3.65. The van der Waals surface area contributed by atoms with E-state index in [0.29, 0.717) is 53.4 Å². The van der Waals surface area contributed by atoms with Crippen LogP contribution in [0.15, 0.2) is 66.9 Å². The van der Waals surface area contributed by atoms with E-state index in [-0.39, 0.29) is 35.4 Å². The molecule has 1 aromatic heterocycles. The number of hydrogen-bond donors (Lipinski definition) is 3. The molecule has 3 N–H and O–H groups in total. The summed E-state index contributed by atoms with van der Waals surface area (Å²) in [5, 5.41) is 25.9. The summed E-state index contributed by atoms with van der Waals surface area (Å²) < 4.78 is 22.4. The van der Waals surface area contributed by atoms with Crippen LogP contribution in [0.4, 0.5) is 15.8 Å². The predicted molar refractivity (Wildman–Crippen MR) is 233 cm³/mol. The van der Waals surface area contributed by atoms with Gasteiger partial charge in [0.25, 0.3) is 11.8 Å². The number of nitrogens with zero attached hydrogens (tertiary/aromatic N) is 6. The summed E-state index contributed by atoms with van der Waals surface area (Å²) in [6.45, 7) is 14.8. The Kier molecular flexibility index (Phi) is 10.8. The molecular weight excluding hydrogens is 788 g/mol. The summed E-state index contributed by atoms with van der Waals surface area (Å²) in [6.07, 6.45) is 3.35. The summed E-state index contributed by atoms with van der Waals surface area (Å²) >= 11 is 0. The number of benzene rings is 3. The van der Waals surface area contributed by atoms with Crippen LogP contribution < -0.4 is 25.2 Å². The number of carbonyl (C=O) groups is 3. The molecule has 3 saturated heterocycles. The third-order valence-corrected chi connectivity index (χ3v) is 14.3. The van der Waals surface area contributed by atoms with Crippen LogP contribution in [-0.2, 0) is 11.3 Å². The number of nitriles is 1. The molecular formula is C48H55FN8O5. The number of halogens is 1. The standard InChI is InChI=1S/C48H55FN8O5/c1-47(2)45(48(3,4)46(47)62-39-13-8-31(26-50)41-35(39)6-5-17-51-41)53-42(59)30-7-11-37(36(49)25-30)56-18-15-29(16-19-56)27-54-20-22-55(23-21-54)33-9-10-34-32(24-33)28-57(44(34)61)38-12-14-40(58)52-43(38)60/h5-11,13,17,24-25,29,38,40,45-46,58H,12,14-16,18-23,27-28H2,1-4H3,(H,52,60)(H,53,59)/t38-,40?,45?,46?/m0/s1. The molecule has 0 bridgehead atoms. The van der Waals surface area contributed by atoms with Crippen molar-refractivity contribution in [2.45, 2.75) is 84.3 Å². The van der Waals surface area contributed by atoms with Crippen LogP contribution in [0.25, 0.3) is 10.9 Å². The fraction of sp³-hybridized carbons (Fsp3) is 0.479. The first-order chi connectivity index (χ1) is 29.7. The minimum Gasteiger partial charge on any atom is -0.488 e. The van der Waals surface area contributed by atoms with E-state index in [2.05, 4.69) is 70.1 Å². The van der Waals surface area contributed by atoms with Crippen LogP contribution in [0.2, 0.25) is 0 Å². The minimum atomic E-state index is -0.853. The summed E-state index contributed by atoms with van der Waals surface area (Å²) in [7, 11) is 0. The number of aliphatic hydroxyl groups is 1. The Bertz CT molecular complexity index is 2440. The number of rotatable bonds is 9. The maximum absolute atomic E-state index is 15.8. The van der Waals surface area contributed by atoms with Gasteiger partial charge in [-0.25, -0.2) is 4.39 Å². The number of carbonyl (C=O) groups excluding carboxylic acids is 3. The monoisotopic (exact) mass is 842 g/mol. The van der Waals surface area contributed by atoms with E-state index in [0.717, 1.165) is 75.3 Å². The van der Waals surface area contributed by atoms with Crippen LogP contribution in [-0.4, -0.2) is 108 Å². The lowest BCUT2D eigenvalue weighted by atomic mass is 9.49. The second-order valence-corrected chi connectivity index (χ2v) is 18.9. The van der Waals surface area contributed by atoms with Crippen molar-refractivity contribution in [2.75, 3.05) is 55.6 Å². The Balaban J connectivity index is 0.747. The molecule has 14 heteroatoms. The average Bonchev–Trinajstić information content (AvgIpc) is 3.59. The first-order valence-electron chi connectivity index (χ1n) is 21.9. The molecule has 1 unspecified atom stereocenters. The number of piperazine rings is 1. The van der Waals surface area contributed by atoms with E-state index in [4.69, 9.17) is 4.74 Å². The van der Waals surface area contributed by atoms with Crippen molar-refractivity contribution in [1.82, 2.24) is 25.4 Å². The second kappa shape index (κ2) is 16.2. The van der Waals surface area contributed by atoms with E-state index >= 15 is 4.39 Å². The fourth-order valence-electron chi connectivity index (χ4n) is 11.2. The first kappa shape index (κ1) is 41.6. The molecule has 1 saturated carbocycles. The number of hydrogen-bond acceptors (Lipinski definition) is 10. The van der Waals surface area contributed by atoms with E-state index in [1.807, 2.05) is 30.3 Å². The quantitative estimate of drug-likeness (QED) is 0.198. The maximum atomic E-state index is 15.8. The lowest BCUT2D eigenvalue weighted by Crippen LogP contribution is -2.74. The smallest absolute Gasteiger partial charge is 0.255 e. The molecule has 4 fully saturated rings. The number of anilines is 2. The number of piperidine rings is 2. The number of ether oxygens (including phenoxy) is 1. The second-order valence-electron chi connectivity index (χ2n) is 18.9. The summed E-state index contributed by atoms with van der Waals surface area (Å²) in [6, 6.07) is 19.4. The van der Waals surface area contributed by atoms with Gasteiger partial charge in [0.05, 0.1) is 16.8 Å². The zero-order valence-electron chi connectivity index (χ0n) is 35.9. The van der Waals surface area contributed by atoms with Gasteiger partial charge in [0.15, 0.2) is 0 Å². The normalized spacial score (nSPS) is 24.9. The maximum Gasteiger partial charge on any atom is 0.255 e. The molecule has 1 aliphatic carbocycles. The highest BCUT2D eigenvalue weighted by Crippen LogP contribution is 2.56. The molecule has 3 aromatic carbocycles. The third kappa shape index (κ3) is 7.49. The number of nitrogens with one attached hydrogen (secondary N) is 2. The van der Waals surface area contributed by atoms with Crippen molar-refractivity contribution in [3.05, 3.63) is 94.9 Å². The van der Waals surface area contributed by atoms with Gasteiger partial charge in [0.1, 0.15) is 36.0 Å². The number of aromatic nitrogens is 1. The Morgan fingerprint density at radius 2 is 1.71 bits per heavy atom. The molecule has 324 valence electrons. The molecule has 4 aliphatic heterocycles. The molecule has 9 rings (SSSR count). The third-order valence-electron chi connectivity index (χ3n) is 14.3. The van der Waals surface area contributed by atoms with Crippen LogP contribution in [0, 0.1) is 33.9 Å². The van der Waals surface area contributed by atoms with Crippen molar-refractivity contribution in [3.8, 4) is 11.8 Å². The van der Waals surface area contributed by atoms with Crippen LogP contribution >= 0.6 is 0 Å². The molecule has 0 radical (unpaired) electrons. The average molecular weight is 843 g/mol. The van der Waals surface area contributed by atoms with Crippen LogP contribution in [0.1, 0.15) is 85.2 Å². The highest BCUT2D eigenvalue weighted by molar-refractivity contribution is 6.01. The van der Waals surface area contributed by atoms with Crippen molar-refractivity contribution in [3.63, 3.8) is 0 Å². The van der Waals surface area contributed by atoms with E-state index in [9.17, 15) is 24.8 Å². The minimum absolute atomic E-state index is 0.130. The number of fused-ring (bicyclic) bond motifs is 2. The highest BCUT2D eigenvalue weighted by Gasteiger charge is 2.64. The highest BCUT2D eigenvalue weighted by atomic mass is 19.1. The molecule has 5 heterocycles. The van der Waals surface area contributed by atoms with Crippen LogP contribution in [0.3, 0.4) is 0 Å². The lowest BCUT2D eigenvalue weighted by Gasteiger charge is -2.63. The lowest BCUT2D eigenvalue weighted by molar-refractivity contribution is -0.163. The Hall–Kier alpha value is -5.78. The zero-order chi connectivity index (χ0) is 43.5. The van der Waals surface area contributed by atoms with E-state index < -0.39 is 28.9 Å². The Morgan fingerprint density at radius 1 is 0.952 bits per heavy atom. The van der Waals surface area contributed by atoms with Gasteiger partial charge in [-0.05, 0) is 97.8 Å². The van der Waals surface area contributed by atoms with Crippen molar-refractivity contribution < 1.29 is 28.6 Å². The number of aliphatic hydroxyl groups excluding tert-OH is 1. The number of pyridine rings is 1. The van der Waals surface area contributed by atoms with Crippen LogP contribution in [0.5, 0.6) is 5.75 Å². The zero-order valence-corrected chi connectivity index (χ0v) is 35.9. The van der Waals surface area contributed by atoms with Gasteiger partial charge in [-0.1, -0.05) is 27.7 Å². The van der Waals surface area contributed by atoms with Gasteiger partial charge in [-0.15, -0.1) is 0 Å². The van der Waals surface area contributed by atoms with Crippen molar-refractivity contribution in [2.24, 2.45) is 16.7 Å². The molecule has 4 aromatic rings. The molecule has 13 nitrogen and oxygen atoms in total. The first-order valence-corrected chi connectivity index (χ1v) is 21.9. The topological polar surface area (TPSA) is 154 Å². The van der Waals surface area contributed by atoms with Crippen molar-refractivity contribution >= 4 is 40.0 Å². The van der Waals surface area contributed by atoms with Gasteiger partial charge in [0, 0.05) is 97.6 Å². The van der Waals surface area contributed by atoms with Gasteiger partial charge in [0.2, 0.25) is 5.91 Å². The predicted octanol–water partition coefficient (Wildman–Crippen LogP) is 5.45. The summed E-state index contributed by atoms with van der Waals surface area (Å²) in [4.78, 5) is 52.4. The fourth-order valence-corrected chi connectivity index (χ4v) is 11.2. The molecule has 3 amide bonds. The molecule has 2 atom stereocenters.